The van der Waals surface area contributed by atoms with Gasteiger partial charge in [0, 0.05) is 18.3 Å². The van der Waals surface area contributed by atoms with Crippen molar-refractivity contribution in [2.75, 3.05) is 10.6 Å². The fraction of sp³-hybridized carbons (Fsp3) is 0.222. The van der Waals surface area contributed by atoms with Crippen LogP contribution in [-0.2, 0) is 22.2 Å². The van der Waals surface area contributed by atoms with Crippen LogP contribution in [-0.4, -0.2) is 11.8 Å². The number of alkyl halides is 3. The van der Waals surface area contributed by atoms with Crippen LogP contribution in [0.1, 0.15) is 23.6 Å². The average Bonchev–Trinajstić information content (AvgIpc) is 2.49. The van der Waals surface area contributed by atoms with Crippen LogP contribution in [0.3, 0.4) is 0 Å². The molecular formula is C18H17F3N2O2. The Balaban J connectivity index is 2.11. The van der Waals surface area contributed by atoms with Crippen molar-refractivity contribution in [2.45, 2.75) is 26.4 Å². The van der Waals surface area contributed by atoms with Crippen LogP contribution in [0.4, 0.5) is 24.5 Å². The number of carbonyl (C=O) groups is 2. The van der Waals surface area contributed by atoms with Crippen LogP contribution in [0.25, 0.3) is 0 Å². The maximum Gasteiger partial charge on any atom is 0.416 e. The standard InChI is InChI=1S/C18H17F3N2O2/c1-11-6-7-15(22-12(2)24)10-16(11)23-17(25)9-13-4-3-5-14(8-13)18(19,20)21/h3-8,10H,9H2,1-2H3,(H,22,24)(H,23,25). The molecule has 0 spiro atoms. The van der Waals surface area contributed by atoms with Crippen molar-refractivity contribution in [1.29, 1.82) is 0 Å². The first kappa shape index (κ1) is 18.5. The summed E-state index contributed by atoms with van der Waals surface area (Å²) < 4.78 is 38.2. The molecule has 25 heavy (non-hydrogen) atoms. The minimum absolute atomic E-state index is 0.187. The second-order valence-electron chi connectivity index (χ2n) is 5.63. The fourth-order valence-electron chi connectivity index (χ4n) is 2.28. The summed E-state index contributed by atoms with van der Waals surface area (Å²) in [6.07, 6.45) is -4.64. The summed E-state index contributed by atoms with van der Waals surface area (Å²) in [5, 5.41) is 5.26. The molecule has 0 unspecified atom stereocenters. The molecule has 4 nitrogen and oxygen atoms in total. The molecule has 0 heterocycles. The minimum atomic E-state index is -4.45. The fourth-order valence-corrected chi connectivity index (χ4v) is 2.28. The summed E-state index contributed by atoms with van der Waals surface area (Å²) in [5.41, 5.74) is 1.26. The highest BCUT2D eigenvalue weighted by Crippen LogP contribution is 2.29. The zero-order valence-corrected chi connectivity index (χ0v) is 13.7. The zero-order valence-electron chi connectivity index (χ0n) is 13.7. The summed E-state index contributed by atoms with van der Waals surface area (Å²) in [6.45, 7) is 3.14. The van der Waals surface area contributed by atoms with Gasteiger partial charge < -0.3 is 10.6 Å². The van der Waals surface area contributed by atoms with Crippen LogP contribution in [0.5, 0.6) is 0 Å². The third-order valence-corrected chi connectivity index (χ3v) is 3.45. The number of halogens is 3. The van der Waals surface area contributed by atoms with E-state index in [9.17, 15) is 22.8 Å². The number of hydrogen-bond acceptors (Lipinski definition) is 2. The number of carbonyl (C=O) groups excluding carboxylic acids is 2. The number of anilines is 2. The highest BCUT2D eigenvalue weighted by Gasteiger charge is 2.30. The molecule has 0 atom stereocenters. The van der Waals surface area contributed by atoms with Gasteiger partial charge in [0.2, 0.25) is 11.8 Å². The number of nitrogens with one attached hydrogen (secondary N) is 2. The Labute approximate surface area is 143 Å². The topological polar surface area (TPSA) is 58.2 Å². The van der Waals surface area contributed by atoms with Crippen LogP contribution in [0.2, 0.25) is 0 Å². The Hall–Kier alpha value is -2.83. The van der Waals surface area contributed by atoms with Crippen molar-refractivity contribution < 1.29 is 22.8 Å². The molecule has 0 radical (unpaired) electrons. The lowest BCUT2D eigenvalue weighted by Gasteiger charge is -2.12. The van der Waals surface area contributed by atoms with Gasteiger partial charge in [-0.25, -0.2) is 0 Å². The molecule has 0 fully saturated rings. The van der Waals surface area contributed by atoms with Gasteiger partial charge in [0.25, 0.3) is 0 Å². The molecule has 2 amide bonds. The normalized spacial score (nSPS) is 11.1. The predicted molar refractivity (Wildman–Crippen MR) is 89.3 cm³/mol. The first-order chi connectivity index (χ1) is 11.6. The van der Waals surface area contributed by atoms with Gasteiger partial charge in [-0.3, -0.25) is 9.59 Å². The Bertz CT molecular complexity index is 801. The maximum atomic E-state index is 12.7. The summed E-state index contributed by atoms with van der Waals surface area (Å²) in [7, 11) is 0. The Morgan fingerprint density at radius 1 is 1.04 bits per heavy atom. The van der Waals surface area contributed by atoms with E-state index < -0.39 is 17.6 Å². The highest BCUT2D eigenvalue weighted by molar-refractivity contribution is 5.95. The lowest BCUT2D eigenvalue weighted by Crippen LogP contribution is -2.16. The number of rotatable bonds is 4. The summed E-state index contributed by atoms with van der Waals surface area (Å²) in [4.78, 5) is 23.2. The van der Waals surface area contributed by atoms with Crippen molar-refractivity contribution in [3.05, 3.63) is 59.2 Å². The van der Waals surface area contributed by atoms with Crippen LogP contribution in [0.15, 0.2) is 42.5 Å². The number of amides is 2. The summed E-state index contributed by atoms with van der Waals surface area (Å²) in [5.74, 6) is -0.688. The molecule has 0 bridgehead atoms. The second-order valence-corrected chi connectivity index (χ2v) is 5.63. The molecule has 0 saturated heterocycles. The largest absolute Gasteiger partial charge is 0.416 e. The van der Waals surface area contributed by atoms with Gasteiger partial charge in [-0.2, -0.15) is 13.2 Å². The van der Waals surface area contributed by atoms with Gasteiger partial charge in [0.15, 0.2) is 0 Å². The lowest BCUT2D eigenvalue weighted by molar-refractivity contribution is -0.137. The lowest BCUT2D eigenvalue weighted by atomic mass is 10.1. The van der Waals surface area contributed by atoms with Crippen molar-refractivity contribution in [1.82, 2.24) is 0 Å². The molecule has 2 rings (SSSR count). The van der Waals surface area contributed by atoms with Gasteiger partial charge in [-0.15, -0.1) is 0 Å². The molecule has 132 valence electrons. The Morgan fingerprint density at radius 2 is 1.76 bits per heavy atom. The van der Waals surface area contributed by atoms with E-state index in [1.54, 1.807) is 25.1 Å². The van der Waals surface area contributed by atoms with Gasteiger partial charge in [0.05, 0.1) is 12.0 Å². The quantitative estimate of drug-likeness (QED) is 0.870. The molecule has 0 saturated carbocycles. The number of benzene rings is 2. The molecule has 2 aromatic carbocycles. The molecule has 0 aromatic heterocycles. The zero-order chi connectivity index (χ0) is 18.6. The van der Waals surface area contributed by atoms with Crippen LogP contribution < -0.4 is 10.6 Å². The van der Waals surface area contributed by atoms with Crippen molar-refractivity contribution in [3.8, 4) is 0 Å². The predicted octanol–water partition coefficient (Wildman–Crippen LogP) is 4.15. The van der Waals surface area contributed by atoms with Gasteiger partial charge in [-0.05, 0) is 36.2 Å². The molecule has 2 aromatic rings. The van der Waals surface area contributed by atoms with E-state index in [0.717, 1.165) is 17.7 Å². The van der Waals surface area contributed by atoms with E-state index in [0.29, 0.717) is 11.4 Å². The third kappa shape index (κ3) is 5.34. The number of hydrogen-bond donors (Lipinski definition) is 2. The van der Waals surface area contributed by atoms with E-state index in [4.69, 9.17) is 0 Å². The average molecular weight is 350 g/mol. The second kappa shape index (κ2) is 7.38. The molecule has 0 aliphatic heterocycles. The van der Waals surface area contributed by atoms with Gasteiger partial charge in [0.1, 0.15) is 0 Å². The van der Waals surface area contributed by atoms with E-state index >= 15 is 0 Å². The van der Waals surface area contributed by atoms with Crippen molar-refractivity contribution in [2.24, 2.45) is 0 Å². The molecule has 0 aliphatic rings. The summed E-state index contributed by atoms with van der Waals surface area (Å²) >= 11 is 0. The molecule has 0 aliphatic carbocycles. The van der Waals surface area contributed by atoms with E-state index in [1.807, 2.05) is 0 Å². The first-order valence-corrected chi connectivity index (χ1v) is 7.49. The van der Waals surface area contributed by atoms with Crippen LogP contribution in [0, 0.1) is 6.92 Å². The molecule has 7 heteroatoms. The van der Waals surface area contributed by atoms with E-state index in [-0.39, 0.29) is 17.9 Å². The van der Waals surface area contributed by atoms with E-state index in [2.05, 4.69) is 10.6 Å². The van der Waals surface area contributed by atoms with E-state index in [1.165, 1.54) is 19.1 Å². The SMILES string of the molecule is CC(=O)Nc1ccc(C)c(NC(=O)Cc2cccc(C(F)(F)F)c2)c1. The van der Waals surface area contributed by atoms with Gasteiger partial charge in [-0.1, -0.05) is 24.3 Å². The Morgan fingerprint density at radius 3 is 2.40 bits per heavy atom. The molecule has 2 N–H and O–H groups in total. The van der Waals surface area contributed by atoms with Crippen molar-refractivity contribution >= 4 is 23.2 Å². The minimum Gasteiger partial charge on any atom is -0.326 e. The molecular weight excluding hydrogens is 333 g/mol. The summed E-state index contributed by atoms with van der Waals surface area (Å²) in [6, 6.07) is 9.68. The van der Waals surface area contributed by atoms with Gasteiger partial charge >= 0.3 is 6.18 Å². The Kier molecular flexibility index (Phi) is 5.46. The third-order valence-electron chi connectivity index (χ3n) is 3.45. The number of aryl methyl sites for hydroxylation is 1. The monoisotopic (exact) mass is 350 g/mol. The maximum absolute atomic E-state index is 12.7. The smallest absolute Gasteiger partial charge is 0.326 e. The first-order valence-electron chi connectivity index (χ1n) is 7.49. The highest BCUT2D eigenvalue weighted by atomic mass is 19.4. The van der Waals surface area contributed by atoms with Crippen LogP contribution >= 0.6 is 0 Å². The van der Waals surface area contributed by atoms with Crippen molar-refractivity contribution in [3.63, 3.8) is 0 Å².